The average Bonchev–Trinajstić information content (AvgIpc) is 2.05. The molecular weight excluding hydrogens is 124 g/mol. The lowest BCUT2D eigenvalue weighted by molar-refractivity contribution is 0.672. The zero-order chi connectivity index (χ0) is 7.40. The molecule has 54 valence electrons. The van der Waals surface area contributed by atoms with Crippen molar-refractivity contribution in [3.05, 3.63) is 11.6 Å². The van der Waals surface area contributed by atoms with Gasteiger partial charge in [-0.25, -0.2) is 0 Å². The monoisotopic (exact) mass is 136 g/mol. The summed E-state index contributed by atoms with van der Waals surface area (Å²) in [5, 5.41) is 8.47. The molecule has 2 heteroatoms. The Balaban J connectivity index is 2.55. The van der Waals surface area contributed by atoms with Crippen molar-refractivity contribution >= 4 is 0 Å². The van der Waals surface area contributed by atoms with E-state index in [0.29, 0.717) is 0 Å². The Bertz CT molecular complexity index is 176. The predicted molar refractivity (Wildman–Crippen MR) is 40.1 cm³/mol. The maximum Gasteiger partial charge on any atom is 0.114 e. The highest BCUT2D eigenvalue weighted by molar-refractivity contribution is 5.19. The lowest BCUT2D eigenvalue weighted by Gasteiger charge is -2.13. The fourth-order valence-corrected chi connectivity index (χ4v) is 1.23. The first-order valence-electron chi connectivity index (χ1n) is 3.68. The first-order valence-corrected chi connectivity index (χ1v) is 3.68. The molecule has 0 fully saturated rings. The van der Waals surface area contributed by atoms with Gasteiger partial charge in [0.15, 0.2) is 0 Å². The van der Waals surface area contributed by atoms with Gasteiger partial charge in [-0.15, -0.1) is 0 Å². The van der Waals surface area contributed by atoms with Gasteiger partial charge in [-0.1, -0.05) is 6.08 Å². The highest BCUT2D eigenvalue weighted by atomic mass is 14.6. The second kappa shape index (κ2) is 3.38. The molecule has 2 nitrogen and oxygen atoms in total. The molecule has 0 amide bonds. The first-order chi connectivity index (χ1) is 4.84. The summed E-state index contributed by atoms with van der Waals surface area (Å²) in [5.74, 6) is 0. The van der Waals surface area contributed by atoms with Crippen LogP contribution in [0.4, 0.5) is 0 Å². The lowest BCUT2D eigenvalue weighted by Crippen LogP contribution is -2.21. The molecule has 0 spiro atoms. The average molecular weight is 136 g/mol. The second-order valence-electron chi connectivity index (χ2n) is 2.63. The van der Waals surface area contributed by atoms with Crippen LogP contribution >= 0.6 is 0 Å². The van der Waals surface area contributed by atoms with Crippen molar-refractivity contribution in [2.75, 3.05) is 0 Å². The summed E-state index contributed by atoms with van der Waals surface area (Å²) in [6.45, 7) is 0. The normalized spacial score (nSPS) is 21.0. The number of rotatable bonds is 1. The predicted octanol–water partition coefficient (Wildman–Crippen LogP) is 1.34. The van der Waals surface area contributed by atoms with Crippen LogP contribution in [0.2, 0.25) is 0 Å². The van der Waals surface area contributed by atoms with Gasteiger partial charge in [0.05, 0.1) is 6.07 Å². The molecule has 0 radical (unpaired) electrons. The van der Waals surface area contributed by atoms with E-state index in [4.69, 9.17) is 11.0 Å². The number of nitrogens with zero attached hydrogens (tertiary/aromatic N) is 1. The van der Waals surface area contributed by atoms with E-state index >= 15 is 0 Å². The summed E-state index contributed by atoms with van der Waals surface area (Å²) in [6.07, 6.45) is 6.68. The molecule has 0 aromatic rings. The van der Waals surface area contributed by atoms with Crippen LogP contribution in [0.3, 0.4) is 0 Å². The highest BCUT2D eigenvalue weighted by Crippen LogP contribution is 2.18. The van der Waals surface area contributed by atoms with E-state index in [1.807, 2.05) is 6.07 Å². The third-order valence-electron chi connectivity index (χ3n) is 1.86. The van der Waals surface area contributed by atoms with Gasteiger partial charge in [-0.05, 0) is 31.3 Å². The number of hydrogen-bond acceptors (Lipinski definition) is 2. The zero-order valence-electron chi connectivity index (χ0n) is 6.01. The highest BCUT2D eigenvalue weighted by Gasteiger charge is 2.09. The summed E-state index contributed by atoms with van der Waals surface area (Å²) in [5.41, 5.74) is 6.65. The van der Waals surface area contributed by atoms with E-state index in [-0.39, 0.29) is 6.04 Å². The molecular formula is C8H12N2. The van der Waals surface area contributed by atoms with Crippen molar-refractivity contribution in [3.8, 4) is 6.07 Å². The third-order valence-corrected chi connectivity index (χ3v) is 1.86. The summed E-state index contributed by atoms with van der Waals surface area (Å²) < 4.78 is 0. The topological polar surface area (TPSA) is 49.8 Å². The van der Waals surface area contributed by atoms with Crippen molar-refractivity contribution in [2.45, 2.75) is 31.7 Å². The molecule has 1 unspecified atom stereocenters. The molecule has 0 saturated carbocycles. The zero-order valence-corrected chi connectivity index (χ0v) is 6.01. The van der Waals surface area contributed by atoms with Gasteiger partial charge >= 0.3 is 0 Å². The van der Waals surface area contributed by atoms with Crippen molar-refractivity contribution < 1.29 is 0 Å². The Hall–Kier alpha value is -0.810. The molecule has 0 aromatic carbocycles. The Labute approximate surface area is 61.3 Å². The van der Waals surface area contributed by atoms with Crippen molar-refractivity contribution in [1.29, 1.82) is 5.26 Å². The van der Waals surface area contributed by atoms with Gasteiger partial charge in [0, 0.05) is 0 Å². The minimum Gasteiger partial charge on any atom is -0.312 e. The first kappa shape index (κ1) is 7.30. The van der Waals surface area contributed by atoms with E-state index in [1.54, 1.807) is 0 Å². The van der Waals surface area contributed by atoms with E-state index < -0.39 is 0 Å². The molecule has 0 heterocycles. The number of allylic oxidation sites excluding steroid dienone is 1. The summed E-state index contributed by atoms with van der Waals surface area (Å²) in [6, 6.07) is 1.70. The summed E-state index contributed by atoms with van der Waals surface area (Å²) in [4.78, 5) is 0. The molecule has 10 heavy (non-hydrogen) atoms. The number of nitrogens with two attached hydrogens (primary N) is 1. The molecule has 1 aliphatic rings. The van der Waals surface area contributed by atoms with E-state index in [9.17, 15) is 0 Å². The van der Waals surface area contributed by atoms with Gasteiger partial charge in [0.1, 0.15) is 6.04 Å². The Morgan fingerprint density at radius 3 is 2.90 bits per heavy atom. The van der Waals surface area contributed by atoms with E-state index in [0.717, 1.165) is 18.4 Å². The van der Waals surface area contributed by atoms with Crippen LogP contribution in [0.25, 0.3) is 0 Å². The summed E-state index contributed by atoms with van der Waals surface area (Å²) >= 11 is 0. The van der Waals surface area contributed by atoms with Crippen molar-refractivity contribution in [2.24, 2.45) is 5.73 Å². The van der Waals surface area contributed by atoms with Crippen LogP contribution < -0.4 is 5.73 Å². The van der Waals surface area contributed by atoms with Crippen LogP contribution in [0.15, 0.2) is 11.6 Å². The van der Waals surface area contributed by atoms with Gasteiger partial charge < -0.3 is 5.73 Å². The third kappa shape index (κ3) is 1.58. The standard InChI is InChI=1S/C8H12N2/c9-6-8(10)7-4-2-1-3-5-7/h4,8H,1-3,5,10H2. The molecule has 0 saturated heterocycles. The number of nitriles is 1. The quantitative estimate of drug-likeness (QED) is 0.553. The molecule has 1 rings (SSSR count). The molecule has 1 aliphatic carbocycles. The number of hydrogen-bond donors (Lipinski definition) is 1. The summed E-state index contributed by atoms with van der Waals surface area (Å²) in [7, 11) is 0. The minimum atomic E-state index is -0.347. The van der Waals surface area contributed by atoms with Gasteiger partial charge in [-0.3, -0.25) is 0 Å². The molecule has 2 N–H and O–H groups in total. The van der Waals surface area contributed by atoms with E-state index in [2.05, 4.69) is 6.08 Å². The van der Waals surface area contributed by atoms with Gasteiger partial charge in [-0.2, -0.15) is 5.26 Å². The maximum absolute atomic E-state index is 8.47. The van der Waals surface area contributed by atoms with Gasteiger partial charge in [0.25, 0.3) is 0 Å². The molecule has 1 atom stereocenters. The lowest BCUT2D eigenvalue weighted by atomic mass is 9.95. The van der Waals surface area contributed by atoms with Crippen LogP contribution in [-0.4, -0.2) is 6.04 Å². The minimum absolute atomic E-state index is 0.347. The molecule has 0 aromatic heterocycles. The Morgan fingerprint density at radius 1 is 1.60 bits per heavy atom. The molecule has 0 bridgehead atoms. The second-order valence-corrected chi connectivity index (χ2v) is 2.63. The Morgan fingerprint density at radius 2 is 2.40 bits per heavy atom. The van der Waals surface area contributed by atoms with E-state index in [1.165, 1.54) is 12.8 Å². The maximum atomic E-state index is 8.47. The molecule has 0 aliphatic heterocycles. The van der Waals surface area contributed by atoms with Crippen molar-refractivity contribution in [3.63, 3.8) is 0 Å². The van der Waals surface area contributed by atoms with Crippen LogP contribution in [-0.2, 0) is 0 Å². The van der Waals surface area contributed by atoms with Crippen LogP contribution in [0, 0.1) is 11.3 Å². The largest absolute Gasteiger partial charge is 0.312 e. The van der Waals surface area contributed by atoms with Crippen LogP contribution in [0.5, 0.6) is 0 Å². The van der Waals surface area contributed by atoms with Crippen molar-refractivity contribution in [1.82, 2.24) is 0 Å². The van der Waals surface area contributed by atoms with Gasteiger partial charge in [0.2, 0.25) is 0 Å². The smallest absolute Gasteiger partial charge is 0.114 e. The fraction of sp³-hybridized carbons (Fsp3) is 0.625. The SMILES string of the molecule is N#CC(N)C1=CCCCC1. The Kier molecular flexibility index (Phi) is 2.47. The fourth-order valence-electron chi connectivity index (χ4n) is 1.23. The van der Waals surface area contributed by atoms with Crippen LogP contribution in [0.1, 0.15) is 25.7 Å².